The second kappa shape index (κ2) is 7.99. The number of carbonyl (C=O) groups is 2. The minimum absolute atomic E-state index is 0.313. The van der Waals surface area contributed by atoms with E-state index in [9.17, 15) is 9.59 Å². The van der Waals surface area contributed by atoms with Crippen LogP contribution in [-0.4, -0.2) is 40.9 Å². The van der Waals surface area contributed by atoms with Crippen LogP contribution in [0.2, 0.25) is 0 Å². The summed E-state index contributed by atoms with van der Waals surface area (Å²) < 4.78 is 12.0. The first-order valence-electron chi connectivity index (χ1n) is 9.04. The Morgan fingerprint density at radius 2 is 1.81 bits per heavy atom. The molecule has 6 nitrogen and oxygen atoms in total. The highest BCUT2D eigenvalue weighted by Gasteiger charge is 2.39. The van der Waals surface area contributed by atoms with Crippen molar-refractivity contribution >= 4 is 39.5 Å². The second-order valence-electron chi connectivity index (χ2n) is 8.74. The number of nitrogens with one attached hydrogen (secondary N) is 1. The van der Waals surface area contributed by atoms with Gasteiger partial charge in [-0.1, -0.05) is 0 Å². The molecule has 2 rings (SSSR count). The highest BCUT2D eigenvalue weighted by molar-refractivity contribution is 9.11. The first kappa shape index (κ1) is 22.0. The zero-order valence-electron chi connectivity index (χ0n) is 17.0. The number of alkyl carbamates (subject to hydrolysis) is 1. The summed E-state index contributed by atoms with van der Waals surface area (Å²) in [6, 6.07) is 1.43. The van der Waals surface area contributed by atoms with Crippen LogP contribution < -0.4 is 5.32 Å². The van der Waals surface area contributed by atoms with E-state index in [-0.39, 0.29) is 18.2 Å². The van der Waals surface area contributed by atoms with Gasteiger partial charge in [0.05, 0.1) is 15.9 Å². The molecule has 1 aliphatic heterocycles. The monoisotopic (exact) mass is 460 g/mol. The lowest BCUT2D eigenvalue weighted by atomic mass is 9.97. The number of carbonyl (C=O) groups excluding carboxylic acids is 2. The number of hydrogen-bond acceptors (Lipinski definition) is 5. The third-order valence-corrected chi connectivity index (χ3v) is 5.64. The van der Waals surface area contributed by atoms with Crippen molar-refractivity contribution in [3.63, 3.8) is 0 Å². The number of ether oxygens (including phenoxy) is 2. The Labute approximate surface area is 173 Å². The number of amides is 2. The lowest BCUT2D eigenvalue weighted by molar-refractivity contribution is 0.00865. The van der Waals surface area contributed by atoms with Crippen LogP contribution in [0.1, 0.15) is 64.9 Å². The van der Waals surface area contributed by atoms with Gasteiger partial charge in [0.2, 0.25) is 0 Å². The van der Waals surface area contributed by atoms with Gasteiger partial charge in [-0.15, -0.1) is 11.3 Å². The number of halogens is 1. The first-order valence-corrected chi connectivity index (χ1v) is 10.6. The molecule has 0 spiro atoms. The molecule has 1 aromatic heterocycles. The van der Waals surface area contributed by atoms with Gasteiger partial charge >= 0.3 is 12.2 Å². The van der Waals surface area contributed by atoms with Crippen LogP contribution in [-0.2, 0) is 15.9 Å². The van der Waals surface area contributed by atoms with Gasteiger partial charge in [0, 0.05) is 11.4 Å². The molecule has 2 atom stereocenters. The van der Waals surface area contributed by atoms with E-state index in [2.05, 4.69) is 27.3 Å². The fraction of sp³-hybridized carbons (Fsp3) is 0.684. The summed E-state index contributed by atoms with van der Waals surface area (Å²) in [4.78, 5) is 27.8. The van der Waals surface area contributed by atoms with Crippen molar-refractivity contribution in [3.8, 4) is 0 Å². The van der Waals surface area contributed by atoms with E-state index in [0.717, 1.165) is 15.1 Å². The van der Waals surface area contributed by atoms with Gasteiger partial charge < -0.3 is 14.8 Å². The average Bonchev–Trinajstić information content (AvgIpc) is 2.81. The molecule has 0 saturated heterocycles. The van der Waals surface area contributed by atoms with E-state index in [0.29, 0.717) is 6.54 Å². The first-order chi connectivity index (χ1) is 12.3. The van der Waals surface area contributed by atoms with Gasteiger partial charge in [-0.25, -0.2) is 9.59 Å². The fourth-order valence-corrected chi connectivity index (χ4v) is 4.93. The molecule has 0 aromatic carbocycles. The second-order valence-corrected chi connectivity index (χ2v) is 11.2. The van der Waals surface area contributed by atoms with Crippen molar-refractivity contribution in [1.29, 1.82) is 0 Å². The molecule has 0 radical (unpaired) electrons. The topological polar surface area (TPSA) is 67.9 Å². The maximum atomic E-state index is 12.8. The minimum Gasteiger partial charge on any atom is -0.444 e. The molecule has 2 amide bonds. The Morgan fingerprint density at radius 3 is 2.37 bits per heavy atom. The summed E-state index contributed by atoms with van der Waals surface area (Å²) in [7, 11) is 0. The summed E-state index contributed by atoms with van der Waals surface area (Å²) in [5.74, 6) is 0. The molecule has 1 aromatic rings. The lowest BCUT2D eigenvalue weighted by Crippen LogP contribution is -2.51. The highest BCUT2D eigenvalue weighted by atomic mass is 79.9. The van der Waals surface area contributed by atoms with E-state index in [4.69, 9.17) is 9.47 Å². The minimum atomic E-state index is -0.585. The summed E-state index contributed by atoms with van der Waals surface area (Å²) in [5.41, 5.74) is 0.0208. The average molecular weight is 461 g/mol. The van der Waals surface area contributed by atoms with Crippen LogP contribution in [0.15, 0.2) is 9.85 Å². The van der Waals surface area contributed by atoms with Crippen LogP contribution in [0.4, 0.5) is 9.59 Å². The van der Waals surface area contributed by atoms with Gasteiger partial charge in [0.25, 0.3) is 0 Å². The Kier molecular flexibility index (Phi) is 6.52. The molecular weight excluding hydrogens is 432 g/mol. The molecule has 152 valence electrons. The maximum absolute atomic E-state index is 12.8. The standard InChI is InChI=1S/C19H29BrN2O4S/c1-11(21-16(23)25-18(2,3)4)14-15-12(10-13(20)27-15)8-9-22(14)17(24)26-19(5,6)7/h10-11,14H,8-9H2,1-7H3,(H,21,23). The van der Waals surface area contributed by atoms with Crippen molar-refractivity contribution in [3.05, 3.63) is 20.3 Å². The molecule has 2 unspecified atom stereocenters. The van der Waals surface area contributed by atoms with E-state index in [1.807, 2.05) is 48.5 Å². The number of fused-ring (bicyclic) bond motifs is 1. The normalized spacial score (nSPS) is 18.5. The molecule has 0 aliphatic carbocycles. The van der Waals surface area contributed by atoms with Crippen LogP contribution in [0.5, 0.6) is 0 Å². The Bertz CT molecular complexity index is 706. The van der Waals surface area contributed by atoms with Crippen LogP contribution >= 0.6 is 27.3 Å². The van der Waals surface area contributed by atoms with Crippen molar-refractivity contribution in [1.82, 2.24) is 10.2 Å². The Balaban J connectivity index is 2.27. The molecule has 1 aliphatic rings. The summed E-state index contributed by atoms with van der Waals surface area (Å²) in [5, 5.41) is 2.88. The highest BCUT2D eigenvalue weighted by Crippen LogP contribution is 2.40. The molecular formula is C19H29BrN2O4S. The van der Waals surface area contributed by atoms with Crippen molar-refractivity contribution in [2.45, 2.75) is 78.2 Å². The molecule has 0 saturated carbocycles. The summed E-state index contributed by atoms with van der Waals surface area (Å²) in [6.07, 6.45) is -0.116. The number of thiophene rings is 1. The van der Waals surface area contributed by atoms with Crippen LogP contribution in [0, 0.1) is 0 Å². The SMILES string of the molecule is CC(NC(=O)OC(C)(C)C)C1c2sc(Br)cc2CCN1C(=O)OC(C)(C)C. The summed E-state index contributed by atoms with van der Waals surface area (Å²) in [6.45, 7) is 13.4. The Hall–Kier alpha value is -1.28. The maximum Gasteiger partial charge on any atom is 0.410 e. The van der Waals surface area contributed by atoms with Crippen LogP contribution in [0.3, 0.4) is 0 Å². The van der Waals surface area contributed by atoms with Crippen LogP contribution in [0.25, 0.3) is 0 Å². The predicted molar refractivity (Wildman–Crippen MR) is 110 cm³/mol. The number of rotatable bonds is 2. The predicted octanol–water partition coefficient (Wildman–Crippen LogP) is 5.26. The smallest absolute Gasteiger partial charge is 0.410 e. The molecule has 27 heavy (non-hydrogen) atoms. The van der Waals surface area contributed by atoms with Crippen molar-refractivity contribution < 1.29 is 19.1 Å². The van der Waals surface area contributed by atoms with E-state index in [1.165, 1.54) is 5.56 Å². The molecule has 0 fully saturated rings. The molecule has 0 bridgehead atoms. The fourth-order valence-electron chi connectivity index (χ4n) is 2.97. The van der Waals surface area contributed by atoms with E-state index >= 15 is 0 Å². The largest absolute Gasteiger partial charge is 0.444 e. The summed E-state index contributed by atoms with van der Waals surface area (Å²) >= 11 is 5.12. The van der Waals surface area contributed by atoms with Gasteiger partial charge in [-0.2, -0.15) is 0 Å². The number of nitrogens with zero attached hydrogens (tertiary/aromatic N) is 1. The third kappa shape index (κ3) is 6.10. The van der Waals surface area contributed by atoms with Crippen molar-refractivity contribution in [2.75, 3.05) is 6.54 Å². The van der Waals surface area contributed by atoms with E-state index in [1.54, 1.807) is 16.2 Å². The third-order valence-electron chi connectivity index (χ3n) is 3.88. The van der Waals surface area contributed by atoms with E-state index < -0.39 is 17.3 Å². The van der Waals surface area contributed by atoms with Crippen molar-refractivity contribution in [2.24, 2.45) is 0 Å². The van der Waals surface area contributed by atoms with Gasteiger partial charge in [-0.3, -0.25) is 4.90 Å². The van der Waals surface area contributed by atoms with Gasteiger partial charge in [-0.05, 0) is 82.4 Å². The van der Waals surface area contributed by atoms with Gasteiger partial charge in [0.1, 0.15) is 11.2 Å². The lowest BCUT2D eigenvalue weighted by Gasteiger charge is -2.39. The quantitative estimate of drug-likeness (QED) is 0.653. The zero-order valence-corrected chi connectivity index (χ0v) is 19.4. The molecule has 2 heterocycles. The zero-order chi connectivity index (χ0) is 20.6. The number of hydrogen-bond donors (Lipinski definition) is 1. The molecule has 8 heteroatoms. The van der Waals surface area contributed by atoms with Gasteiger partial charge in [0.15, 0.2) is 0 Å². The molecule has 1 N–H and O–H groups in total. The Morgan fingerprint density at radius 1 is 1.22 bits per heavy atom.